The topological polar surface area (TPSA) is 52.5 Å². The van der Waals surface area contributed by atoms with Gasteiger partial charge in [-0.15, -0.1) is 0 Å². The van der Waals surface area contributed by atoms with Crippen molar-refractivity contribution in [3.05, 3.63) is 18.5 Å². The van der Waals surface area contributed by atoms with E-state index in [1.165, 1.54) is 50.3 Å². The van der Waals surface area contributed by atoms with Crippen LogP contribution in [0.4, 0.5) is 5.95 Å². The third-order valence-corrected chi connectivity index (χ3v) is 7.42. The van der Waals surface area contributed by atoms with E-state index < -0.39 is 0 Å². The standard InChI is InChI=1S/C18H28N4OS/c23-13-15-12-22(17-19-6-1-7-20-17)14-18(15)4-8-21(9-5-18)16-2-10-24-11-3-16/h1,6-7,15-16,23H,2-5,8-14H2. The molecule has 0 aliphatic carbocycles. The number of likely N-dealkylation sites (tertiary alicyclic amines) is 1. The lowest BCUT2D eigenvalue weighted by Crippen LogP contribution is -2.49. The molecule has 1 aromatic rings. The number of hydrogen-bond donors (Lipinski definition) is 1. The first-order valence-corrected chi connectivity index (χ1v) is 10.4. The van der Waals surface area contributed by atoms with Crippen molar-refractivity contribution < 1.29 is 5.11 Å². The number of piperidine rings is 1. The predicted octanol–water partition coefficient (Wildman–Crippen LogP) is 1.88. The first kappa shape index (κ1) is 16.6. The van der Waals surface area contributed by atoms with Gasteiger partial charge in [0.15, 0.2) is 0 Å². The third-order valence-electron chi connectivity index (χ3n) is 6.37. The summed E-state index contributed by atoms with van der Waals surface area (Å²) in [5, 5.41) is 9.98. The van der Waals surface area contributed by atoms with Crippen molar-refractivity contribution in [2.75, 3.05) is 49.2 Å². The van der Waals surface area contributed by atoms with E-state index in [1.807, 2.05) is 18.5 Å². The van der Waals surface area contributed by atoms with Crippen molar-refractivity contribution in [1.29, 1.82) is 0 Å². The van der Waals surface area contributed by atoms with Gasteiger partial charge in [0.05, 0.1) is 0 Å². The molecule has 132 valence electrons. The molecule has 1 unspecified atom stereocenters. The van der Waals surface area contributed by atoms with Crippen LogP contribution in [0.5, 0.6) is 0 Å². The zero-order chi connectivity index (χ0) is 16.4. The molecular formula is C18H28N4OS. The van der Waals surface area contributed by atoms with Crippen molar-refractivity contribution in [2.24, 2.45) is 11.3 Å². The summed E-state index contributed by atoms with van der Waals surface area (Å²) in [7, 11) is 0. The van der Waals surface area contributed by atoms with Crippen LogP contribution in [0.1, 0.15) is 25.7 Å². The van der Waals surface area contributed by atoms with Gasteiger partial charge in [-0.05, 0) is 61.8 Å². The fourth-order valence-corrected chi connectivity index (χ4v) is 5.92. The summed E-state index contributed by atoms with van der Waals surface area (Å²) in [6.45, 7) is 4.55. The highest BCUT2D eigenvalue weighted by molar-refractivity contribution is 7.99. The summed E-state index contributed by atoms with van der Waals surface area (Å²) < 4.78 is 0. The van der Waals surface area contributed by atoms with E-state index in [2.05, 4.69) is 31.5 Å². The molecule has 0 saturated carbocycles. The minimum absolute atomic E-state index is 0.244. The molecule has 3 aliphatic heterocycles. The molecule has 0 radical (unpaired) electrons. The summed E-state index contributed by atoms with van der Waals surface area (Å²) in [5.74, 6) is 3.82. The molecule has 24 heavy (non-hydrogen) atoms. The summed E-state index contributed by atoms with van der Waals surface area (Å²) in [5.41, 5.74) is 0.244. The second-order valence-corrected chi connectivity index (χ2v) is 8.78. The quantitative estimate of drug-likeness (QED) is 0.900. The Bertz CT molecular complexity index is 529. The molecule has 1 N–H and O–H groups in total. The van der Waals surface area contributed by atoms with E-state index >= 15 is 0 Å². The maximum Gasteiger partial charge on any atom is 0.225 e. The van der Waals surface area contributed by atoms with Crippen LogP contribution >= 0.6 is 11.8 Å². The Hall–Kier alpha value is -0.850. The number of thioether (sulfide) groups is 1. The summed E-state index contributed by atoms with van der Waals surface area (Å²) in [4.78, 5) is 13.8. The highest BCUT2D eigenvalue weighted by Crippen LogP contribution is 2.45. The molecule has 3 aliphatic rings. The van der Waals surface area contributed by atoms with Crippen LogP contribution in [0.15, 0.2) is 18.5 Å². The number of rotatable bonds is 3. The van der Waals surface area contributed by atoms with E-state index in [0.29, 0.717) is 5.92 Å². The molecule has 4 heterocycles. The smallest absolute Gasteiger partial charge is 0.225 e. The van der Waals surface area contributed by atoms with Gasteiger partial charge in [0.2, 0.25) is 5.95 Å². The highest BCUT2D eigenvalue weighted by atomic mass is 32.2. The van der Waals surface area contributed by atoms with Gasteiger partial charge in [0.1, 0.15) is 0 Å². The fraction of sp³-hybridized carbons (Fsp3) is 0.778. The van der Waals surface area contributed by atoms with Crippen molar-refractivity contribution in [3.8, 4) is 0 Å². The van der Waals surface area contributed by atoms with Crippen molar-refractivity contribution in [3.63, 3.8) is 0 Å². The highest BCUT2D eigenvalue weighted by Gasteiger charge is 2.48. The van der Waals surface area contributed by atoms with Crippen LogP contribution in [0.2, 0.25) is 0 Å². The minimum atomic E-state index is 0.244. The van der Waals surface area contributed by atoms with E-state index in [-0.39, 0.29) is 12.0 Å². The van der Waals surface area contributed by atoms with Gasteiger partial charge < -0.3 is 14.9 Å². The predicted molar refractivity (Wildman–Crippen MR) is 98.4 cm³/mol. The van der Waals surface area contributed by atoms with Crippen LogP contribution in [0, 0.1) is 11.3 Å². The van der Waals surface area contributed by atoms with E-state index in [1.54, 1.807) is 0 Å². The van der Waals surface area contributed by atoms with Crippen LogP contribution in [-0.2, 0) is 0 Å². The molecule has 0 aromatic carbocycles. The Morgan fingerprint density at radius 2 is 1.88 bits per heavy atom. The normalized spacial score (nSPS) is 28.5. The number of aromatic nitrogens is 2. The first-order chi connectivity index (χ1) is 11.8. The Balaban J connectivity index is 1.43. The maximum atomic E-state index is 9.98. The third kappa shape index (κ3) is 3.16. The van der Waals surface area contributed by atoms with Crippen LogP contribution in [-0.4, -0.2) is 70.3 Å². The van der Waals surface area contributed by atoms with Gasteiger partial charge in [-0.25, -0.2) is 9.97 Å². The van der Waals surface area contributed by atoms with Crippen LogP contribution in [0.25, 0.3) is 0 Å². The summed E-state index contributed by atoms with van der Waals surface area (Å²) >= 11 is 2.10. The van der Waals surface area contributed by atoms with Gasteiger partial charge in [-0.3, -0.25) is 0 Å². The second-order valence-electron chi connectivity index (χ2n) is 7.55. The molecule has 1 spiro atoms. The second kappa shape index (κ2) is 7.18. The molecule has 5 nitrogen and oxygen atoms in total. The summed E-state index contributed by atoms with van der Waals surface area (Å²) in [6.07, 6.45) is 8.72. The minimum Gasteiger partial charge on any atom is -0.396 e. The lowest BCUT2D eigenvalue weighted by molar-refractivity contribution is 0.0336. The molecule has 3 saturated heterocycles. The van der Waals surface area contributed by atoms with E-state index in [0.717, 1.165) is 25.1 Å². The largest absolute Gasteiger partial charge is 0.396 e. The fourth-order valence-electron chi connectivity index (χ4n) is 4.84. The Labute approximate surface area is 148 Å². The number of aliphatic hydroxyl groups is 1. The van der Waals surface area contributed by atoms with E-state index in [9.17, 15) is 5.11 Å². The monoisotopic (exact) mass is 348 g/mol. The Morgan fingerprint density at radius 3 is 2.54 bits per heavy atom. The molecule has 0 bridgehead atoms. The molecule has 6 heteroatoms. The van der Waals surface area contributed by atoms with Crippen molar-refractivity contribution in [1.82, 2.24) is 14.9 Å². The molecule has 3 fully saturated rings. The number of anilines is 1. The van der Waals surface area contributed by atoms with Crippen LogP contribution in [0.3, 0.4) is 0 Å². The lowest BCUT2D eigenvalue weighted by atomic mass is 9.71. The molecule has 4 rings (SSSR count). The number of aliphatic hydroxyl groups excluding tert-OH is 1. The van der Waals surface area contributed by atoms with Gasteiger partial charge in [0, 0.05) is 44.0 Å². The average molecular weight is 349 g/mol. The average Bonchev–Trinajstić information content (AvgIpc) is 3.02. The Morgan fingerprint density at radius 1 is 1.17 bits per heavy atom. The SMILES string of the molecule is OCC1CN(c2ncccn2)CC12CCN(C1CCSCC1)CC2. The molecule has 1 aromatic heterocycles. The lowest BCUT2D eigenvalue weighted by Gasteiger charge is -2.45. The first-order valence-electron chi connectivity index (χ1n) is 9.25. The zero-order valence-corrected chi connectivity index (χ0v) is 15.1. The van der Waals surface area contributed by atoms with E-state index in [4.69, 9.17) is 0 Å². The molecule has 1 atom stereocenters. The van der Waals surface area contributed by atoms with Crippen molar-refractivity contribution in [2.45, 2.75) is 31.7 Å². The summed E-state index contributed by atoms with van der Waals surface area (Å²) in [6, 6.07) is 2.66. The number of nitrogens with zero attached hydrogens (tertiary/aromatic N) is 4. The maximum absolute atomic E-state index is 9.98. The Kier molecular flexibility index (Phi) is 4.97. The van der Waals surface area contributed by atoms with Gasteiger partial charge in [-0.1, -0.05) is 0 Å². The van der Waals surface area contributed by atoms with Crippen LogP contribution < -0.4 is 4.90 Å². The van der Waals surface area contributed by atoms with Gasteiger partial charge in [0.25, 0.3) is 0 Å². The van der Waals surface area contributed by atoms with Crippen molar-refractivity contribution >= 4 is 17.7 Å². The van der Waals surface area contributed by atoms with Gasteiger partial charge in [-0.2, -0.15) is 11.8 Å². The van der Waals surface area contributed by atoms with Gasteiger partial charge >= 0.3 is 0 Å². The molecule has 0 amide bonds. The molecular weight excluding hydrogens is 320 g/mol. The zero-order valence-electron chi connectivity index (χ0n) is 14.3. The number of hydrogen-bond acceptors (Lipinski definition) is 6.